The molecule has 1 aromatic carbocycles. The number of rotatable bonds is 2. The van der Waals surface area contributed by atoms with Crippen molar-refractivity contribution in [1.82, 2.24) is 19.4 Å². The molecule has 0 saturated carbocycles. The van der Waals surface area contributed by atoms with Crippen LogP contribution in [0.15, 0.2) is 70.7 Å². The average Bonchev–Trinajstić information content (AvgIpc) is 2.79. The highest BCUT2D eigenvalue weighted by molar-refractivity contribution is 5.93. The third-order valence-corrected chi connectivity index (χ3v) is 5.48. The van der Waals surface area contributed by atoms with E-state index in [9.17, 15) is 4.79 Å². The first-order valence-electron chi connectivity index (χ1n) is 10.1. The van der Waals surface area contributed by atoms with Gasteiger partial charge in [0.1, 0.15) is 0 Å². The number of pyridine rings is 1. The van der Waals surface area contributed by atoms with Crippen molar-refractivity contribution in [3.05, 3.63) is 82.5 Å². The summed E-state index contributed by atoms with van der Waals surface area (Å²) in [5.74, 6) is 1.26. The zero-order valence-electron chi connectivity index (χ0n) is 16.8. The molecule has 2 aliphatic rings. The van der Waals surface area contributed by atoms with Gasteiger partial charge in [-0.05, 0) is 25.1 Å². The number of para-hydroxylation sites is 1. The predicted octanol–water partition coefficient (Wildman–Crippen LogP) is 2.10. The summed E-state index contributed by atoms with van der Waals surface area (Å²) in [5, 5.41) is 3.29. The third kappa shape index (κ3) is 3.41. The zero-order chi connectivity index (χ0) is 20.5. The highest BCUT2D eigenvalue weighted by Crippen LogP contribution is 2.26. The molecule has 30 heavy (non-hydrogen) atoms. The van der Waals surface area contributed by atoms with Crippen LogP contribution in [0.2, 0.25) is 0 Å². The Bertz CT molecular complexity index is 1120. The number of nitrogens with one attached hydrogen (secondary N) is 1. The molecular formula is C22H23N7O. The molecule has 8 nitrogen and oxygen atoms in total. The molecule has 0 bridgehead atoms. The van der Waals surface area contributed by atoms with Gasteiger partial charge < -0.3 is 9.80 Å². The van der Waals surface area contributed by atoms with Crippen LogP contribution in [0.1, 0.15) is 17.4 Å². The predicted molar refractivity (Wildman–Crippen MR) is 117 cm³/mol. The molecule has 0 spiro atoms. The smallest absolute Gasteiger partial charge is 0.257 e. The lowest BCUT2D eigenvalue weighted by molar-refractivity contribution is 0.376. The van der Waals surface area contributed by atoms with Gasteiger partial charge in [-0.25, -0.2) is 9.98 Å². The third-order valence-electron chi connectivity index (χ3n) is 5.48. The van der Waals surface area contributed by atoms with E-state index in [0.29, 0.717) is 11.6 Å². The monoisotopic (exact) mass is 401 g/mol. The Morgan fingerprint density at radius 2 is 1.77 bits per heavy atom. The Labute approximate surface area is 174 Å². The number of piperazine rings is 1. The number of benzene rings is 1. The van der Waals surface area contributed by atoms with Crippen molar-refractivity contribution in [1.29, 1.82) is 0 Å². The van der Waals surface area contributed by atoms with Crippen molar-refractivity contribution in [2.45, 2.75) is 13.1 Å². The summed E-state index contributed by atoms with van der Waals surface area (Å²) in [7, 11) is 0. The lowest BCUT2D eigenvalue weighted by atomic mass is 10.2. The topological polar surface area (TPSA) is 78.7 Å². The van der Waals surface area contributed by atoms with Gasteiger partial charge >= 0.3 is 0 Å². The van der Waals surface area contributed by atoms with Gasteiger partial charge in [-0.2, -0.15) is 0 Å². The van der Waals surface area contributed by atoms with Crippen LogP contribution in [0.25, 0.3) is 0 Å². The van der Waals surface area contributed by atoms with E-state index >= 15 is 0 Å². The Kier molecular flexibility index (Phi) is 4.66. The normalized spacial score (nSPS) is 18.4. The molecule has 5 rings (SSSR count). The van der Waals surface area contributed by atoms with Crippen LogP contribution < -0.4 is 15.8 Å². The first kappa shape index (κ1) is 18.4. The molecule has 3 aromatic rings. The van der Waals surface area contributed by atoms with E-state index in [-0.39, 0.29) is 5.56 Å². The lowest BCUT2D eigenvalue weighted by Gasteiger charge is -2.39. The van der Waals surface area contributed by atoms with Gasteiger partial charge in [-0.15, -0.1) is 0 Å². The van der Waals surface area contributed by atoms with Crippen LogP contribution in [-0.2, 0) is 0 Å². The molecule has 1 fully saturated rings. The van der Waals surface area contributed by atoms with Crippen LogP contribution in [0.3, 0.4) is 0 Å². The van der Waals surface area contributed by atoms with Crippen LogP contribution in [0.5, 0.6) is 0 Å². The van der Waals surface area contributed by atoms with Gasteiger partial charge in [-0.1, -0.05) is 24.3 Å². The largest absolute Gasteiger partial charge is 0.368 e. The molecule has 0 unspecified atom stereocenters. The molecule has 8 heteroatoms. The van der Waals surface area contributed by atoms with E-state index in [1.165, 1.54) is 11.8 Å². The van der Waals surface area contributed by atoms with Crippen LogP contribution in [0, 0.1) is 6.92 Å². The Balaban J connectivity index is 1.45. The average molecular weight is 401 g/mol. The van der Waals surface area contributed by atoms with E-state index in [4.69, 9.17) is 4.99 Å². The molecule has 1 saturated heterocycles. The van der Waals surface area contributed by atoms with Crippen LogP contribution in [0.4, 0.5) is 11.6 Å². The van der Waals surface area contributed by atoms with Crippen molar-refractivity contribution in [2.24, 2.45) is 4.99 Å². The molecule has 1 N–H and O–H groups in total. The summed E-state index contributed by atoms with van der Waals surface area (Å²) in [5.41, 5.74) is 2.64. The summed E-state index contributed by atoms with van der Waals surface area (Å²) in [6.07, 6.45) is 2.98. The van der Waals surface area contributed by atoms with Gasteiger partial charge in [-0.3, -0.25) is 19.7 Å². The first-order chi connectivity index (χ1) is 14.7. The SMILES string of the molecule is Cc1cc(=O)n2c(n1)NC(N1CCN(c3ccccc3)CC1)=N[C@H]2c1cccnc1. The van der Waals surface area contributed by atoms with Gasteiger partial charge in [0.05, 0.1) is 0 Å². The number of hydrogen-bond donors (Lipinski definition) is 1. The van der Waals surface area contributed by atoms with Gasteiger partial charge in [0.25, 0.3) is 5.56 Å². The maximum Gasteiger partial charge on any atom is 0.257 e. The quantitative estimate of drug-likeness (QED) is 0.709. The molecule has 2 aromatic heterocycles. The number of aryl methyl sites for hydroxylation is 1. The van der Waals surface area contributed by atoms with Gasteiger partial charge in [0, 0.05) is 61.6 Å². The summed E-state index contributed by atoms with van der Waals surface area (Å²) in [6, 6.07) is 15.8. The molecule has 0 amide bonds. The fourth-order valence-corrected chi connectivity index (χ4v) is 3.96. The van der Waals surface area contributed by atoms with Crippen molar-refractivity contribution < 1.29 is 0 Å². The summed E-state index contributed by atoms with van der Waals surface area (Å²) in [6.45, 7) is 5.28. The Morgan fingerprint density at radius 3 is 2.50 bits per heavy atom. The van der Waals surface area contributed by atoms with Gasteiger partial charge in [0.2, 0.25) is 11.9 Å². The van der Waals surface area contributed by atoms with E-state index < -0.39 is 6.17 Å². The summed E-state index contributed by atoms with van der Waals surface area (Å²) in [4.78, 5) is 31.0. The molecule has 152 valence electrons. The van der Waals surface area contributed by atoms with Crippen molar-refractivity contribution in [3.63, 3.8) is 0 Å². The van der Waals surface area contributed by atoms with E-state index in [1.807, 2.05) is 25.1 Å². The van der Waals surface area contributed by atoms with Crippen LogP contribution in [-0.4, -0.2) is 51.6 Å². The maximum absolute atomic E-state index is 12.7. The van der Waals surface area contributed by atoms with E-state index in [0.717, 1.165) is 37.7 Å². The second-order valence-corrected chi connectivity index (χ2v) is 7.48. The fourth-order valence-electron chi connectivity index (χ4n) is 3.96. The van der Waals surface area contributed by atoms with Crippen LogP contribution >= 0.6 is 0 Å². The number of fused-ring (bicyclic) bond motifs is 1. The van der Waals surface area contributed by atoms with Crippen molar-refractivity contribution in [3.8, 4) is 0 Å². The maximum atomic E-state index is 12.7. The van der Waals surface area contributed by atoms with Crippen molar-refractivity contribution >= 4 is 17.6 Å². The molecular weight excluding hydrogens is 378 g/mol. The highest BCUT2D eigenvalue weighted by Gasteiger charge is 2.29. The molecule has 0 radical (unpaired) electrons. The standard InChI is InChI=1S/C22H23N7O/c1-16-14-19(30)29-20(17-6-5-9-23-15-17)25-21(26-22(29)24-16)28-12-10-27(11-13-28)18-7-3-2-4-8-18/h2-9,14-15,20H,10-13H2,1H3,(H,24,25,26)/t20-/m1/s1. The minimum atomic E-state index is -0.488. The summed E-state index contributed by atoms with van der Waals surface area (Å²) >= 11 is 0. The lowest BCUT2D eigenvalue weighted by Crippen LogP contribution is -2.52. The number of aromatic nitrogens is 3. The zero-order valence-corrected chi connectivity index (χ0v) is 16.8. The second kappa shape index (κ2) is 7.62. The number of hydrogen-bond acceptors (Lipinski definition) is 7. The number of anilines is 2. The minimum Gasteiger partial charge on any atom is -0.368 e. The Hall–Kier alpha value is -3.68. The molecule has 2 aliphatic heterocycles. The number of guanidine groups is 1. The van der Waals surface area contributed by atoms with Crippen molar-refractivity contribution in [2.75, 3.05) is 36.4 Å². The molecule has 0 aliphatic carbocycles. The van der Waals surface area contributed by atoms with Gasteiger partial charge in [0.15, 0.2) is 6.17 Å². The molecule has 1 atom stereocenters. The van der Waals surface area contributed by atoms with E-state index in [1.54, 1.807) is 17.0 Å². The summed E-state index contributed by atoms with van der Waals surface area (Å²) < 4.78 is 1.59. The second-order valence-electron chi connectivity index (χ2n) is 7.48. The van der Waals surface area contributed by atoms with E-state index in [2.05, 4.69) is 49.4 Å². The Morgan fingerprint density at radius 1 is 1.00 bits per heavy atom. The number of nitrogens with zero attached hydrogens (tertiary/aromatic N) is 6. The fraction of sp³-hybridized carbons (Fsp3) is 0.273. The molecule has 4 heterocycles. The first-order valence-corrected chi connectivity index (χ1v) is 10.1. The highest BCUT2D eigenvalue weighted by atomic mass is 16.1. The minimum absolute atomic E-state index is 0.129. The number of aliphatic imine (C=N–C) groups is 1.